The van der Waals surface area contributed by atoms with E-state index in [1.807, 2.05) is 0 Å². The van der Waals surface area contributed by atoms with Gasteiger partial charge in [-0.05, 0) is 6.42 Å². The summed E-state index contributed by atoms with van der Waals surface area (Å²) in [4.78, 5) is 9.54. The van der Waals surface area contributed by atoms with E-state index in [1.54, 1.807) is 0 Å². The van der Waals surface area contributed by atoms with Crippen LogP contribution in [0.3, 0.4) is 0 Å². The number of amides is 1. The third-order valence-electron chi connectivity index (χ3n) is 1.41. The molecule has 1 fully saturated rings. The predicted molar refractivity (Wildman–Crippen MR) is 26.7 cm³/mol. The molecule has 0 heterocycles. The summed E-state index contributed by atoms with van der Waals surface area (Å²) in [5.74, 6) is -0.619. The van der Waals surface area contributed by atoms with E-state index in [2.05, 4.69) is 5.32 Å². The van der Waals surface area contributed by atoms with E-state index in [9.17, 15) is 13.6 Å². The highest BCUT2D eigenvalue weighted by molar-refractivity contribution is 5.48. The molecule has 0 aromatic rings. The van der Waals surface area contributed by atoms with Gasteiger partial charge in [0.15, 0.2) is 0 Å². The van der Waals surface area contributed by atoms with Crippen LogP contribution in [0.1, 0.15) is 6.42 Å². The van der Waals surface area contributed by atoms with E-state index in [0.717, 1.165) is 0 Å². The van der Waals surface area contributed by atoms with E-state index in [4.69, 9.17) is 0 Å². The first-order valence-electron chi connectivity index (χ1n) is 2.66. The maximum absolute atomic E-state index is 11.6. The molecule has 1 rings (SSSR count). The fraction of sp³-hybridized carbons (Fsp3) is 0.800. The Bertz CT molecular complexity index is 118. The third-order valence-corrected chi connectivity index (χ3v) is 1.41. The molecule has 0 aliphatic heterocycles. The van der Waals surface area contributed by atoms with Crippen LogP contribution in [-0.4, -0.2) is 18.9 Å². The summed E-state index contributed by atoms with van der Waals surface area (Å²) < 4.78 is 23.2. The molecule has 2 atom stereocenters. The van der Waals surface area contributed by atoms with E-state index in [1.165, 1.54) is 6.41 Å². The Balaban J connectivity index is 2.16. The van der Waals surface area contributed by atoms with Gasteiger partial charge in [-0.1, -0.05) is 0 Å². The maximum Gasteiger partial charge on any atom is 0.309 e. The van der Waals surface area contributed by atoms with Gasteiger partial charge in [-0.2, -0.15) is 0 Å². The molecule has 1 radical (unpaired) electrons. The number of alkyl halides is 2. The monoisotopic (exact) mass is 134 g/mol. The fourth-order valence-corrected chi connectivity index (χ4v) is 0.735. The Hall–Kier alpha value is -0.670. The van der Waals surface area contributed by atoms with Crippen molar-refractivity contribution in [1.29, 1.82) is 0 Å². The molecule has 1 N–H and O–H groups in total. The molecule has 1 amide bonds. The highest BCUT2D eigenvalue weighted by Gasteiger charge is 2.43. The number of rotatable bonds is 3. The van der Waals surface area contributed by atoms with Gasteiger partial charge in [-0.15, -0.1) is 0 Å². The molecule has 1 aliphatic rings. The predicted octanol–water partition coefficient (Wildman–Crippen LogP) is 0.297. The molecule has 0 spiro atoms. The number of nitrogens with one attached hydrogen (secondary N) is 1. The first-order valence-corrected chi connectivity index (χ1v) is 2.66. The summed E-state index contributed by atoms with van der Waals surface area (Å²) >= 11 is 0. The molecule has 0 aromatic heterocycles. The molecule has 4 heteroatoms. The quantitative estimate of drug-likeness (QED) is 0.552. The Morgan fingerprint density at radius 2 is 2.33 bits per heavy atom. The van der Waals surface area contributed by atoms with Crippen molar-refractivity contribution >= 4 is 6.41 Å². The number of hydrogen-bond acceptors (Lipinski definition) is 1. The smallest absolute Gasteiger partial charge is 0.309 e. The Morgan fingerprint density at radius 3 is 2.67 bits per heavy atom. The topological polar surface area (TPSA) is 29.1 Å². The van der Waals surface area contributed by atoms with E-state index >= 15 is 0 Å². The first-order chi connectivity index (χ1) is 4.25. The van der Waals surface area contributed by atoms with Gasteiger partial charge in [0, 0.05) is 12.0 Å². The number of halogens is 2. The van der Waals surface area contributed by atoms with Crippen molar-refractivity contribution in [1.82, 2.24) is 5.32 Å². The minimum Gasteiger partial charge on any atom is -0.345 e. The summed E-state index contributed by atoms with van der Waals surface area (Å²) in [6.45, 7) is 0. The van der Waals surface area contributed by atoms with Gasteiger partial charge in [0.05, 0.1) is 0 Å². The molecule has 0 unspecified atom stereocenters. The molecule has 51 valence electrons. The second-order valence-electron chi connectivity index (χ2n) is 2.09. The number of hydrogen-bond donors (Lipinski definition) is 1. The van der Waals surface area contributed by atoms with Gasteiger partial charge in [-0.25, -0.2) is 8.78 Å². The largest absolute Gasteiger partial charge is 0.345 e. The van der Waals surface area contributed by atoms with Gasteiger partial charge in [0.2, 0.25) is 6.43 Å². The van der Waals surface area contributed by atoms with Crippen LogP contribution < -0.4 is 5.32 Å². The van der Waals surface area contributed by atoms with Crippen molar-refractivity contribution < 1.29 is 13.6 Å². The second-order valence-corrected chi connectivity index (χ2v) is 2.09. The summed E-state index contributed by atoms with van der Waals surface area (Å²) in [6, 6.07) is -0.317. The molecule has 0 saturated heterocycles. The zero-order chi connectivity index (χ0) is 6.85. The van der Waals surface area contributed by atoms with Gasteiger partial charge in [-0.3, -0.25) is 4.79 Å². The van der Waals surface area contributed by atoms with Crippen LogP contribution in [0, 0.1) is 5.92 Å². The normalized spacial score (nSPS) is 32.3. The lowest BCUT2D eigenvalue weighted by molar-refractivity contribution is 0.119. The molecule has 0 bridgehead atoms. The van der Waals surface area contributed by atoms with Gasteiger partial charge in [0.1, 0.15) is 0 Å². The summed E-state index contributed by atoms with van der Waals surface area (Å²) in [7, 11) is 0. The van der Waals surface area contributed by atoms with Crippen LogP contribution in [0.25, 0.3) is 0 Å². The van der Waals surface area contributed by atoms with Crippen molar-refractivity contribution in [2.75, 3.05) is 0 Å². The van der Waals surface area contributed by atoms with Gasteiger partial charge in [0.25, 0.3) is 0 Å². The lowest BCUT2D eigenvalue weighted by Gasteiger charge is -1.93. The molecular formula is C5H6F2NO. The SMILES string of the molecule is O=[C]N[C@@H]1C[C@H]1C(F)F. The van der Waals surface area contributed by atoms with E-state index in [-0.39, 0.29) is 6.04 Å². The fourth-order valence-electron chi connectivity index (χ4n) is 0.735. The van der Waals surface area contributed by atoms with Crippen LogP contribution in [0.5, 0.6) is 0 Å². The lowest BCUT2D eigenvalue weighted by Crippen LogP contribution is -2.17. The Labute approximate surface area is 51.2 Å². The van der Waals surface area contributed by atoms with Crippen molar-refractivity contribution in [3.63, 3.8) is 0 Å². The van der Waals surface area contributed by atoms with Crippen molar-refractivity contribution in [2.45, 2.75) is 18.9 Å². The Morgan fingerprint density at radius 1 is 1.67 bits per heavy atom. The molecule has 1 aliphatic carbocycles. The third kappa shape index (κ3) is 1.37. The minimum absolute atomic E-state index is 0.317. The summed E-state index contributed by atoms with van der Waals surface area (Å²) in [5.41, 5.74) is 0. The zero-order valence-corrected chi connectivity index (χ0v) is 4.60. The van der Waals surface area contributed by atoms with Crippen LogP contribution in [0.4, 0.5) is 8.78 Å². The Kier molecular flexibility index (Phi) is 1.64. The van der Waals surface area contributed by atoms with E-state index < -0.39 is 12.3 Å². The van der Waals surface area contributed by atoms with Crippen molar-refractivity contribution in [3.8, 4) is 0 Å². The van der Waals surface area contributed by atoms with Crippen molar-refractivity contribution in [2.24, 2.45) is 5.92 Å². The van der Waals surface area contributed by atoms with Gasteiger partial charge >= 0.3 is 6.41 Å². The molecule has 0 aromatic carbocycles. The average molecular weight is 134 g/mol. The minimum atomic E-state index is -2.30. The number of carbonyl (C=O) groups excluding carboxylic acids is 1. The van der Waals surface area contributed by atoms with Crippen molar-refractivity contribution in [3.05, 3.63) is 0 Å². The summed E-state index contributed by atoms with van der Waals surface area (Å²) in [5, 5.41) is 2.17. The maximum atomic E-state index is 11.6. The summed E-state index contributed by atoms with van der Waals surface area (Å²) in [6.07, 6.45) is -0.519. The molecule has 2 nitrogen and oxygen atoms in total. The average Bonchev–Trinajstić information content (AvgIpc) is 2.47. The van der Waals surface area contributed by atoms with Gasteiger partial charge < -0.3 is 5.32 Å². The van der Waals surface area contributed by atoms with Crippen LogP contribution in [0.15, 0.2) is 0 Å². The first kappa shape index (κ1) is 6.45. The highest BCUT2D eigenvalue weighted by Crippen LogP contribution is 2.35. The second kappa shape index (κ2) is 2.29. The highest BCUT2D eigenvalue weighted by atomic mass is 19.3. The van der Waals surface area contributed by atoms with E-state index in [0.29, 0.717) is 6.42 Å². The van der Waals surface area contributed by atoms with Crippen LogP contribution >= 0.6 is 0 Å². The molecule has 1 saturated carbocycles. The van der Waals surface area contributed by atoms with Crippen LogP contribution in [-0.2, 0) is 4.79 Å². The van der Waals surface area contributed by atoms with Crippen LogP contribution in [0.2, 0.25) is 0 Å². The molecular weight excluding hydrogens is 128 g/mol. The zero-order valence-electron chi connectivity index (χ0n) is 4.60. The standard InChI is InChI=1S/C5H6F2NO/c6-5(7)3-1-4(3)8-2-9/h3-5H,1H2,(H,8,9)/t3-,4-/m1/s1. The molecule has 9 heavy (non-hydrogen) atoms. The lowest BCUT2D eigenvalue weighted by atomic mass is 10.4.